The molecule has 6 heteroatoms. The second-order valence-corrected chi connectivity index (χ2v) is 7.25. The van der Waals surface area contributed by atoms with Gasteiger partial charge in [-0.3, -0.25) is 4.79 Å². The average molecular weight is 359 g/mol. The van der Waals surface area contributed by atoms with Crippen LogP contribution in [0.5, 0.6) is 0 Å². The SMILES string of the molecule is Cc1cc(C)c(NC(=O)CN(C)c2cc(Cl)nc(C3CC3)n2)c(C)c1. The van der Waals surface area contributed by atoms with Crippen molar-refractivity contribution >= 4 is 29.0 Å². The Kier molecular flexibility index (Phi) is 4.95. The zero-order chi connectivity index (χ0) is 18.1. The fraction of sp³-hybridized carbons (Fsp3) is 0.421. The summed E-state index contributed by atoms with van der Waals surface area (Å²) in [5.74, 6) is 1.78. The van der Waals surface area contributed by atoms with Gasteiger partial charge < -0.3 is 10.2 Å². The Morgan fingerprint density at radius 3 is 2.44 bits per heavy atom. The molecule has 1 heterocycles. The molecule has 2 aromatic rings. The van der Waals surface area contributed by atoms with Crippen LogP contribution < -0.4 is 10.2 Å². The molecule has 1 amide bonds. The van der Waals surface area contributed by atoms with Gasteiger partial charge >= 0.3 is 0 Å². The van der Waals surface area contributed by atoms with E-state index in [0.29, 0.717) is 16.9 Å². The lowest BCUT2D eigenvalue weighted by Crippen LogP contribution is -2.31. The predicted octanol–water partition coefficient (Wildman–Crippen LogP) is 4.01. The summed E-state index contributed by atoms with van der Waals surface area (Å²) < 4.78 is 0. The molecule has 1 aromatic heterocycles. The third-order valence-electron chi connectivity index (χ3n) is 4.35. The van der Waals surface area contributed by atoms with Gasteiger partial charge in [-0.1, -0.05) is 29.3 Å². The van der Waals surface area contributed by atoms with E-state index in [1.807, 2.05) is 20.9 Å². The first kappa shape index (κ1) is 17.7. The van der Waals surface area contributed by atoms with Crippen LogP contribution in [0.4, 0.5) is 11.5 Å². The molecule has 0 aliphatic heterocycles. The van der Waals surface area contributed by atoms with Crippen molar-refractivity contribution < 1.29 is 4.79 Å². The van der Waals surface area contributed by atoms with Crippen molar-refractivity contribution in [3.8, 4) is 0 Å². The highest BCUT2D eigenvalue weighted by atomic mass is 35.5. The van der Waals surface area contributed by atoms with Gasteiger partial charge in [0.05, 0.1) is 6.54 Å². The Morgan fingerprint density at radius 2 is 1.84 bits per heavy atom. The number of hydrogen-bond acceptors (Lipinski definition) is 4. The zero-order valence-corrected chi connectivity index (χ0v) is 15.8. The predicted molar refractivity (Wildman–Crippen MR) is 102 cm³/mol. The summed E-state index contributed by atoms with van der Waals surface area (Å²) in [5, 5.41) is 3.43. The summed E-state index contributed by atoms with van der Waals surface area (Å²) in [6.07, 6.45) is 2.21. The van der Waals surface area contributed by atoms with E-state index in [1.165, 1.54) is 5.56 Å². The van der Waals surface area contributed by atoms with Gasteiger partial charge in [0.2, 0.25) is 5.91 Å². The van der Waals surface area contributed by atoms with E-state index in [9.17, 15) is 4.79 Å². The Bertz CT molecular complexity index is 794. The molecule has 0 atom stereocenters. The number of amides is 1. The first-order valence-corrected chi connectivity index (χ1v) is 8.84. The Labute approximate surface area is 153 Å². The van der Waals surface area contributed by atoms with Gasteiger partial charge in [0, 0.05) is 24.7 Å². The zero-order valence-electron chi connectivity index (χ0n) is 15.1. The quantitative estimate of drug-likeness (QED) is 0.820. The van der Waals surface area contributed by atoms with E-state index in [4.69, 9.17) is 11.6 Å². The highest BCUT2D eigenvalue weighted by Crippen LogP contribution is 2.39. The highest BCUT2D eigenvalue weighted by Gasteiger charge is 2.27. The molecule has 25 heavy (non-hydrogen) atoms. The fourth-order valence-corrected chi connectivity index (χ4v) is 3.18. The molecule has 0 saturated heterocycles. The maximum Gasteiger partial charge on any atom is 0.243 e. The average Bonchev–Trinajstić information content (AvgIpc) is 3.35. The second kappa shape index (κ2) is 7.00. The van der Waals surface area contributed by atoms with Gasteiger partial charge in [-0.15, -0.1) is 0 Å². The van der Waals surface area contributed by atoms with E-state index < -0.39 is 0 Å². The highest BCUT2D eigenvalue weighted by molar-refractivity contribution is 6.29. The first-order chi connectivity index (χ1) is 11.8. The standard InChI is InChI=1S/C19H23ClN4O/c1-11-7-12(2)18(13(3)8-11)23-17(25)10-24(4)16-9-15(20)21-19(22-16)14-5-6-14/h7-9,14H,5-6,10H2,1-4H3,(H,23,25). The third kappa shape index (κ3) is 4.28. The van der Waals surface area contributed by atoms with Crippen LogP contribution in [0.15, 0.2) is 18.2 Å². The molecule has 0 bridgehead atoms. The lowest BCUT2D eigenvalue weighted by Gasteiger charge is -2.19. The van der Waals surface area contributed by atoms with Crippen molar-refractivity contribution in [2.45, 2.75) is 39.5 Å². The number of carbonyl (C=O) groups is 1. The number of aromatic nitrogens is 2. The van der Waals surface area contributed by atoms with Crippen LogP contribution in [-0.2, 0) is 4.79 Å². The summed E-state index contributed by atoms with van der Waals surface area (Å²) in [6, 6.07) is 5.83. The van der Waals surface area contributed by atoms with Crippen LogP contribution in [0.1, 0.15) is 41.3 Å². The molecular weight excluding hydrogens is 336 g/mol. The molecule has 1 aromatic carbocycles. The smallest absolute Gasteiger partial charge is 0.243 e. The molecule has 1 aliphatic carbocycles. The number of halogens is 1. The van der Waals surface area contributed by atoms with Gasteiger partial charge in [-0.25, -0.2) is 9.97 Å². The maximum absolute atomic E-state index is 12.5. The number of aryl methyl sites for hydroxylation is 3. The Balaban J connectivity index is 1.71. The van der Waals surface area contributed by atoms with Crippen molar-refractivity contribution in [1.82, 2.24) is 9.97 Å². The summed E-state index contributed by atoms with van der Waals surface area (Å²) in [6.45, 7) is 6.26. The van der Waals surface area contributed by atoms with Gasteiger partial charge in [0.25, 0.3) is 0 Å². The number of benzene rings is 1. The number of anilines is 2. The first-order valence-electron chi connectivity index (χ1n) is 8.47. The number of nitrogens with zero attached hydrogens (tertiary/aromatic N) is 3. The molecule has 1 saturated carbocycles. The van der Waals surface area contributed by atoms with Crippen molar-refractivity contribution in [2.75, 3.05) is 23.8 Å². The van der Waals surface area contributed by atoms with Gasteiger partial charge in [-0.05, 0) is 44.7 Å². The van der Waals surface area contributed by atoms with Gasteiger partial charge in [0.1, 0.15) is 16.8 Å². The third-order valence-corrected chi connectivity index (χ3v) is 4.55. The number of rotatable bonds is 5. The topological polar surface area (TPSA) is 58.1 Å². The monoisotopic (exact) mass is 358 g/mol. The van der Waals surface area contributed by atoms with Gasteiger partial charge in [0.15, 0.2) is 0 Å². The molecule has 5 nitrogen and oxygen atoms in total. The summed E-state index contributed by atoms with van der Waals surface area (Å²) in [4.78, 5) is 23.1. The summed E-state index contributed by atoms with van der Waals surface area (Å²) >= 11 is 6.11. The van der Waals surface area contributed by atoms with Crippen LogP contribution in [-0.4, -0.2) is 29.5 Å². The van der Waals surface area contributed by atoms with E-state index in [-0.39, 0.29) is 12.5 Å². The minimum Gasteiger partial charge on any atom is -0.350 e. The van der Waals surface area contributed by atoms with Crippen molar-refractivity contribution in [2.24, 2.45) is 0 Å². The van der Waals surface area contributed by atoms with Crippen LogP contribution in [0.25, 0.3) is 0 Å². The normalized spacial score (nSPS) is 13.6. The minimum atomic E-state index is -0.0831. The molecule has 0 unspecified atom stereocenters. The van der Waals surface area contributed by atoms with E-state index >= 15 is 0 Å². The number of nitrogens with one attached hydrogen (secondary N) is 1. The van der Waals surface area contributed by atoms with Crippen LogP contribution in [0.2, 0.25) is 5.15 Å². The Morgan fingerprint density at radius 1 is 1.20 bits per heavy atom. The largest absolute Gasteiger partial charge is 0.350 e. The van der Waals surface area contributed by atoms with Crippen LogP contribution in [0, 0.1) is 20.8 Å². The number of carbonyl (C=O) groups excluding carboxylic acids is 1. The molecule has 1 aliphatic rings. The summed E-state index contributed by atoms with van der Waals surface area (Å²) in [5.41, 5.74) is 4.20. The Hall–Kier alpha value is -2.14. The van der Waals surface area contributed by atoms with E-state index in [1.54, 1.807) is 11.0 Å². The number of hydrogen-bond donors (Lipinski definition) is 1. The lowest BCUT2D eigenvalue weighted by molar-refractivity contribution is -0.114. The maximum atomic E-state index is 12.5. The van der Waals surface area contributed by atoms with Crippen molar-refractivity contribution in [3.05, 3.63) is 45.9 Å². The molecule has 0 spiro atoms. The number of likely N-dealkylation sites (N-methyl/N-ethyl adjacent to an activating group) is 1. The second-order valence-electron chi connectivity index (χ2n) is 6.86. The van der Waals surface area contributed by atoms with E-state index in [2.05, 4.69) is 34.3 Å². The van der Waals surface area contributed by atoms with Crippen molar-refractivity contribution in [3.63, 3.8) is 0 Å². The molecular formula is C19H23ClN4O. The minimum absolute atomic E-state index is 0.0831. The van der Waals surface area contributed by atoms with E-state index in [0.717, 1.165) is 35.5 Å². The lowest BCUT2D eigenvalue weighted by atomic mass is 10.1. The van der Waals surface area contributed by atoms with Crippen LogP contribution in [0.3, 0.4) is 0 Å². The van der Waals surface area contributed by atoms with Crippen LogP contribution >= 0.6 is 11.6 Å². The molecule has 0 radical (unpaired) electrons. The molecule has 132 valence electrons. The summed E-state index contributed by atoms with van der Waals surface area (Å²) in [7, 11) is 1.84. The molecule has 1 fully saturated rings. The van der Waals surface area contributed by atoms with Gasteiger partial charge in [-0.2, -0.15) is 0 Å². The fourth-order valence-electron chi connectivity index (χ4n) is 3.00. The van der Waals surface area contributed by atoms with Crippen molar-refractivity contribution in [1.29, 1.82) is 0 Å². The molecule has 3 rings (SSSR count). The molecule has 1 N–H and O–H groups in total.